The summed E-state index contributed by atoms with van der Waals surface area (Å²) in [5, 5.41) is 7.58. The normalized spacial score (nSPS) is 14.5. The molecule has 1 saturated heterocycles. The first-order valence-electron chi connectivity index (χ1n) is 13.4. The van der Waals surface area contributed by atoms with Gasteiger partial charge in [-0.2, -0.15) is 4.99 Å². The molecular weight excluding hydrogens is 581 g/mol. The van der Waals surface area contributed by atoms with Crippen molar-refractivity contribution in [2.75, 3.05) is 16.0 Å². The number of benzene rings is 3. The van der Waals surface area contributed by atoms with Crippen LogP contribution in [0.15, 0.2) is 77.8 Å². The topological polar surface area (TPSA) is 102 Å². The van der Waals surface area contributed by atoms with Crippen molar-refractivity contribution >= 4 is 40.2 Å². The summed E-state index contributed by atoms with van der Waals surface area (Å²) >= 11 is 1.21. The van der Waals surface area contributed by atoms with Gasteiger partial charge >= 0.3 is 12.4 Å². The highest BCUT2D eigenvalue weighted by atomic mass is 32.2. The molecule has 0 unspecified atom stereocenters. The van der Waals surface area contributed by atoms with Crippen molar-refractivity contribution in [2.45, 2.75) is 39.5 Å². The first-order valence-corrected chi connectivity index (χ1v) is 14.4. The van der Waals surface area contributed by atoms with Crippen LogP contribution in [0.5, 0.6) is 5.75 Å². The van der Waals surface area contributed by atoms with Gasteiger partial charge in [-0.15, -0.1) is 18.3 Å². The van der Waals surface area contributed by atoms with Crippen molar-refractivity contribution in [3.05, 3.63) is 84.2 Å². The van der Waals surface area contributed by atoms with E-state index in [4.69, 9.17) is 0 Å². The highest BCUT2D eigenvalue weighted by molar-refractivity contribution is 8.15. The maximum Gasteiger partial charge on any atom is 0.573 e. The average Bonchev–Trinajstić information content (AvgIpc) is 3.56. The molecule has 0 atom stereocenters. The lowest BCUT2D eigenvalue weighted by molar-refractivity contribution is -0.274. The molecule has 9 nitrogen and oxygen atoms in total. The molecule has 1 N–H and O–H groups in total. The van der Waals surface area contributed by atoms with Crippen LogP contribution in [0.2, 0.25) is 0 Å². The zero-order valence-electron chi connectivity index (χ0n) is 23.4. The zero-order chi connectivity index (χ0) is 30.7. The lowest BCUT2D eigenvalue weighted by Crippen LogP contribution is -2.31. The highest BCUT2D eigenvalue weighted by Crippen LogP contribution is 2.33. The largest absolute Gasteiger partial charge is 0.573 e. The Kier molecular flexibility index (Phi) is 8.53. The van der Waals surface area contributed by atoms with E-state index in [1.165, 1.54) is 40.9 Å². The monoisotopic (exact) mass is 608 g/mol. The standard InChI is InChI=1S/C30H27F3N6O3S/c1-4-25-35-27(37-39(25)21-13-15-22(16-14-21)42-30(31,32)33)19-9-11-20(12-10-19)34-28(41)36-29-38(26(40)17-43-29)24-8-6-5-7-23(24)18(2)3/h5-16,18H,4,17H2,1-3H3,(H,34,41). The van der Waals surface area contributed by atoms with Crippen LogP contribution in [0.4, 0.5) is 29.3 Å². The molecule has 0 spiro atoms. The molecule has 13 heteroatoms. The number of hydrogen-bond donors (Lipinski definition) is 1. The molecule has 0 bridgehead atoms. The van der Waals surface area contributed by atoms with Crippen molar-refractivity contribution in [1.82, 2.24) is 14.8 Å². The van der Waals surface area contributed by atoms with Crippen LogP contribution in [0.1, 0.15) is 38.1 Å². The third kappa shape index (κ3) is 6.88. The van der Waals surface area contributed by atoms with Gasteiger partial charge in [0.05, 0.1) is 17.1 Å². The summed E-state index contributed by atoms with van der Waals surface area (Å²) in [5.41, 5.74) is 3.38. The molecule has 43 heavy (non-hydrogen) atoms. The number of aliphatic imine (C=N–C) groups is 1. The van der Waals surface area contributed by atoms with Crippen LogP contribution in [0, 0.1) is 0 Å². The highest BCUT2D eigenvalue weighted by Gasteiger charge is 2.32. The fraction of sp³-hybridized carbons (Fsp3) is 0.233. The second-order valence-corrected chi connectivity index (χ2v) is 10.7. The van der Waals surface area contributed by atoms with Gasteiger partial charge in [-0.3, -0.25) is 9.69 Å². The van der Waals surface area contributed by atoms with E-state index >= 15 is 0 Å². The molecule has 222 valence electrons. The molecule has 1 aromatic heterocycles. The number of urea groups is 1. The quantitative estimate of drug-likeness (QED) is 0.238. The Bertz CT molecular complexity index is 1670. The van der Waals surface area contributed by atoms with Gasteiger partial charge in [-0.25, -0.2) is 14.5 Å². The predicted octanol–water partition coefficient (Wildman–Crippen LogP) is 7.19. The van der Waals surface area contributed by atoms with Gasteiger partial charge < -0.3 is 10.1 Å². The van der Waals surface area contributed by atoms with Gasteiger partial charge in [0, 0.05) is 17.7 Å². The molecule has 0 radical (unpaired) electrons. The number of nitrogens with zero attached hydrogens (tertiary/aromatic N) is 5. The van der Waals surface area contributed by atoms with Gasteiger partial charge in [0.25, 0.3) is 0 Å². The van der Waals surface area contributed by atoms with E-state index in [2.05, 4.69) is 25.1 Å². The number of amidine groups is 1. The van der Waals surface area contributed by atoms with Gasteiger partial charge in [-0.05, 0) is 66.1 Å². The van der Waals surface area contributed by atoms with Crippen LogP contribution < -0.4 is 15.0 Å². The first-order chi connectivity index (χ1) is 20.5. The smallest absolute Gasteiger partial charge is 0.406 e. The van der Waals surface area contributed by atoms with E-state index in [9.17, 15) is 22.8 Å². The Morgan fingerprint density at radius 1 is 1.07 bits per heavy atom. The SMILES string of the molecule is CCc1nc(-c2ccc(NC(=O)N=C3SCC(=O)N3c3ccccc3C(C)C)cc2)nn1-c1ccc(OC(F)(F)F)cc1. The number of aryl methyl sites for hydroxylation is 1. The van der Waals surface area contributed by atoms with Gasteiger partial charge in [-0.1, -0.05) is 50.7 Å². The number of alkyl halides is 3. The summed E-state index contributed by atoms with van der Waals surface area (Å²) in [7, 11) is 0. The zero-order valence-corrected chi connectivity index (χ0v) is 24.2. The summed E-state index contributed by atoms with van der Waals surface area (Å²) in [6.45, 7) is 5.97. The second-order valence-electron chi connectivity index (χ2n) is 9.79. The van der Waals surface area contributed by atoms with Crippen molar-refractivity contribution < 1.29 is 27.5 Å². The molecule has 1 aliphatic rings. The first kappa shape index (κ1) is 29.8. The number of carbonyl (C=O) groups excluding carboxylic acids is 2. The number of aromatic nitrogens is 3. The molecular formula is C30H27F3N6O3S. The van der Waals surface area contributed by atoms with Crippen LogP contribution in [0.25, 0.3) is 17.1 Å². The van der Waals surface area contributed by atoms with Crippen molar-refractivity contribution in [1.29, 1.82) is 0 Å². The number of nitrogens with one attached hydrogen (secondary N) is 1. The van der Waals surface area contributed by atoms with E-state index in [1.54, 1.807) is 28.9 Å². The third-order valence-electron chi connectivity index (χ3n) is 6.46. The Balaban J connectivity index is 1.31. The van der Waals surface area contributed by atoms with Gasteiger partial charge in [0.1, 0.15) is 11.6 Å². The van der Waals surface area contributed by atoms with E-state index < -0.39 is 12.4 Å². The predicted molar refractivity (Wildman–Crippen MR) is 160 cm³/mol. The minimum atomic E-state index is -4.77. The number of rotatable bonds is 7. The molecule has 5 rings (SSSR count). The Hall–Kier alpha value is -4.65. The number of para-hydroxylation sites is 1. The summed E-state index contributed by atoms with van der Waals surface area (Å²) in [4.78, 5) is 35.8. The summed E-state index contributed by atoms with van der Waals surface area (Å²) in [6.07, 6.45) is -4.24. The maximum absolute atomic E-state index is 12.8. The number of halogens is 3. The number of amides is 3. The molecule has 0 aliphatic carbocycles. The lowest BCUT2D eigenvalue weighted by Gasteiger charge is -2.21. The van der Waals surface area contributed by atoms with Gasteiger partial charge in [0.15, 0.2) is 11.0 Å². The fourth-order valence-corrected chi connectivity index (χ4v) is 5.35. The Morgan fingerprint density at radius 2 is 1.77 bits per heavy atom. The third-order valence-corrected chi connectivity index (χ3v) is 7.39. The summed E-state index contributed by atoms with van der Waals surface area (Å²) in [5.74, 6) is 0.918. The molecule has 3 amide bonds. The number of carbonyl (C=O) groups is 2. The molecule has 1 aliphatic heterocycles. The molecule has 1 fully saturated rings. The van der Waals surface area contributed by atoms with E-state index in [-0.39, 0.29) is 23.3 Å². The second kappa shape index (κ2) is 12.3. The maximum atomic E-state index is 12.8. The van der Waals surface area contributed by atoms with E-state index in [0.29, 0.717) is 45.9 Å². The summed E-state index contributed by atoms with van der Waals surface area (Å²) < 4.78 is 43.0. The number of thioether (sulfide) groups is 1. The number of anilines is 2. The van der Waals surface area contributed by atoms with Crippen LogP contribution in [-0.2, 0) is 11.2 Å². The minimum Gasteiger partial charge on any atom is -0.406 e. The van der Waals surface area contributed by atoms with Crippen LogP contribution >= 0.6 is 11.8 Å². The Labute approximate surface area is 249 Å². The molecule has 0 saturated carbocycles. The number of hydrogen-bond acceptors (Lipinski definition) is 6. The average molecular weight is 609 g/mol. The van der Waals surface area contributed by atoms with Crippen molar-refractivity contribution in [2.24, 2.45) is 4.99 Å². The molecule has 3 aromatic carbocycles. The fourth-order valence-electron chi connectivity index (χ4n) is 4.49. The van der Waals surface area contributed by atoms with Crippen LogP contribution in [-0.4, -0.2) is 44.0 Å². The van der Waals surface area contributed by atoms with E-state index in [0.717, 1.165) is 5.56 Å². The Morgan fingerprint density at radius 3 is 2.42 bits per heavy atom. The molecule has 4 aromatic rings. The minimum absolute atomic E-state index is 0.141. The lowest BCUT2D eigenvalue weighted by atomic mass is 10.0. The van der Waals surface area contributed by atoms with Crippen LogP contribution in [0.3, 0.4) is 0 Å². The van der Waals surface area contributed by atoms with Gasteiger partial charge in [0.2, 0.25) is 5.91 Å². The number of ether oxygens (including phenoxy) is 1. The van der Waals surface area contributed by atoms with Crippen molar-refractivity contribution in [3.8, 4) is 22.8 Å². The summed E-state index contributed by atoms with van der Waals surface area (Å²) in [6, 6.07) is 19.2. The van der Waals surface area contributed by atoms with E-state index in [1.807, 2.05) is 45.0 Å². The molecule has 2 heterocycles. The van der Waals surface area contributed by atoms with Crippen molar-refractivity contribution in [3.63, 3.8) is 0 Å².